The average Bonchev–Trinajstić information content (AvgIpc) is 2.08. The standard InChI is InChI=1S/C8H8FNO2/c1-12-8(11)5-2-3-6(9)7(10)4-5/h2-4H,10H2,1H3/p+1. The van der Waals surface area contributed by atoms with Gasteiger partial charge in [0.25, 0.3) is 0 Å². The summed E-state index contributed by atoms with van der Waals surface area (Å²) in [7, 11) is 1.27. The van der Waals surface area contributed by atoms with Gasteiger partial charge in [-0.2, -0.15) is 0 Å². The van der Waals surface area contributed by atoms with E-state index in [0.717, 1.165) is 0 Å². The van der Waals surface area contributed by atoms with Crippen LogP contribution in [0, 0.1) is 5.82 Å². The van der Waals surface area contributed by atoms with Gasteiger partial charge in [-0.05, 0) is 12.1 Å². The third kappa shape index (κ3) is 1.60. The molecule has 0 aliphatic rings. The second-order valence-corrected chi connectivity index (χ2v) is 2.30. The van der Waals surface area contributed by atoms with Gasteiger partial charge in [-0.15, -0.1) is 0 Å². The molecule has 0 fully saturated rings. The van der Waals surface area contributed by atoms with Crippen LogP contribution < -0.4 is 5.73 Å². The Morgan fingerprint density at radius 3 is 2.75 bits per heavy atom. The van der Waals surface area contributed by atoms with Crippen LogP contribution in [0.5, 0.6) is 0 Å². The van der Waals surface area contributed by atoms with Gasteiger partial charge in [0.1, 0.15) is 0 Å². The summed E-state index contributed by atoms with van der Waals surface area (Å²) in [6, 6.07) is 3.89. The first kappa shape index (κ1) is 8.67. The van der Waals surface area contributed by atoms with E-state index in [2.05, 4.69) is 10.5 Å². The Morgan fingerprint density at radius 2 is 2.25 bits per heavy atom. The Kier molecular flexibility index (Phi) is 2.40. The molecule has 0 radical (unpaired) electrons. The predicted molar refractivity (Wildman–Crippen MR) is 40.3 cm³/mol. The lowest BCUT2D eigenvalue weighted by Gasteiger charge is -1.98. The molecule has 4 heteroatoms. The molecule has 0 saturated carbocycles. The fraction of sp³-hybridized carbons (Fsp3) is 0.125. The molecule has 0 aliphatic carbocycles. The molecule has 0 heterocycles. The van der Waals surface area contributed by atoms with Crippen molar-refractivity contribution < 1.29 is 19.7 Å². The van der Waals surface area contributed by atoms with Gasteiger partial charge in [0.2, 0.25) is 0 Å². The zero-order chi connectivity index (χ0) is 9.14. The molecular formula is C8H9FNO2+. The van der Waals surface area contributed by atoms with Gasteiger partial charge in [0.05, 0.1) is 12.7 Å². The number of quaternary nitrogens is 1. The van der Waals surface area contributed by atoms with Crippen LogP contribution in [0.3, 0.4) is 0 Å². The first-order chi connectivity index (χ1) is 5.65. The van der Waals surface area contributed by atoms with Gasteiger partial charge in [0.15, 0.2) is 11.5 Å². The summed E-state index contributed by atoms with van der Waals surface area (Å²) >= 11 is 0. The summed E-state index contributed by atoms with van der Waals surface area (Å²) < 4.78 is 17.1. The molecule has 0 saturated heterocycles. The fourth-order valence-corrected chi connectivity index (χ4v) is 0.820. The van der Waals surface area contributed by atoms with Crippen molar-refractivity contribution in [3.63, 3.8) is 0 Å². The van der Waals surface area contributed by atoms with Crippen LogP contribution in [0.1, 0.15) is 10.4 Å². The fourth-order valence-electron chi connectivity index (χ4n) is 0.820. The molecule has 1 aromatic carbocycles. The van der Waals surface area contributed by atoms with Crippen molar-refractivity contribution >= 4 is 11.7 Å². The van der Waals surface area contributed by atoms with Crippen LogP contribution in [0.25, 0.3) is 0 Å². The van der Waals surface area contributed by atoms with Gasteiger partial charge in [-0.3, -0.25) is 0 Å². The lowest BCUT2D eigenvalue weighted by molar-refractivity contribution is -0.258. The van der Waals surface area contributed by atoms with E-state index in [4.69, 9.17) is 0 Å². The van der Waals surface area contributed by atoms with E-state index in [1.165, 1.54) is 25.3 Å². The zero-order valence-electron chi connectivity index (χ0n) is 6.63. The number of carbonyl (C=O) groups excluding carboxylic acids is 1. The SMILES string of the molecule is COC(=O)c1ccc(F)c([NH3+])c1. The minimum Gasteiger partial charge on any atom is -0.465 e. The first-order valence-electron chi connectivity index (χ1n) is 3.35. The van der Waals surface area contributed by atoms with Crippen LogP contribution in [0.4, 0.5) is 10.1 Å². The maximum absolute atomic E-state index is 12.7. The molecule has 0 spiro atoms. The Labute approximate surface area is 68.9 Å². The van der Waals surface area contributed by atoms with Crippen LogP contribution in [0.15, 0.2) is 18.2 Å². The number of ether oxygens (including phenoxy) is 1. The summed E-state index contributed by atoms with van der Waals surface area (Å²) in [6.07, 6.45) is 0. The minimum absolute atomic E-state index is 0.193. The largest absolute Gasteiger partial charge is 0.465 e. The quantitative estimate of drug-likeness (QED) is 0.623. The monoisotopic (exact) mass is 170 g/mol. The Balaban J connectivity index is 3.05. The van der Waals surface area contributed by atoms with Crippen molar-refractivity contribution in [2.75, 3.05) is 7.11 Å². The van der Waals surface area contributed by atoms with Crippen molar-refractivity contribution in [1.29, 1.82) is 0 Å². The van der Waals surface area contributed by atoms with Crippen LogP contribution in [0.2, 0.25) is 0 Å². The number of halogens is 1. The molecule has 0 aliphatic heterocycles. The summed E-state index contributed by atoms with van der Waals surface area (Å²) in [4.78, 5) is 10.9. The van der Waals surface area contributed by atoms with E-state index in [0.29, 0.717) is 5.56 Å². The Morgan fingerprint density at radius 1 is 1.58 bits per heavy atom. The molecule has 64 valence electrons. The van der Waals surface area contributed by atoms with Gasteiger partial charge in [0, 0.05) is 6.07 Å². The summed E-state index contributed by atoms with van der Waals surface area (Å²) in [6.45, 7) is 0. The maximum Gasteiger partial charge on any atom is 0.338 e. The Hall–Kier alpha value is -1.42. The summed E-state index contributed by atoms with van der Waals surface area (Å²) in [5.41, 5.74) is 3.92. The minimum atomic E-state index is -0.486. The molecule has 0 amide bonds. The molecular weight excluding hydrogens is 161 g/mol. The highest BCUT2D eigenvalue weighted by molar-refractivity contribution is 5.89. The lowest BCUT2D eigenvalue weighted by Crippen LogP contribution is -2.41. The summed E-state index contributed by atoms with van der Waals surface area (Å²) in [5.74, 6) is -0.914. The van der Waals surface area contributed by atoms with Crippen molar-refractivity contribution in [3.05, 3.63) is 29.6 Å². The predicted octanol–water partition coefficient (Wildman–Crippen LogP) is 0.486. The average molecular weight is 170 g/mol. The molecule has 1 aromatic rings. The molecule has 0 unspecified atom stereocenters. The smallest absolute Gasteiger partial charge is 0.338 e. The first-order valence-corrected chi connectivity index (χ1v) is 3.35. The Bertz CT molecular complexity index is 312. The third-order valence-electron chi connectivity index (χ3n) is 1.47. The number of rotatable bonds is 1. The van der Waals surface area contributed by atoms with Crippen molar-refractivity contribution in [3.8, 4) is 0 Å². The molecule has 12 heavy (non-hydrogen) atoms. The van der Waals surface area contributed by atoms with Crippen LogP contribution in [-0.2, 0) is 4.74 Å². The van der Waals surface area contributed by atoms with Gasteiger partial charge in [-0.1, -0.05) is 0 Å². The highest BCUT2D eigenvalue weighted by Gasteiger charge is 2.08. The number of hydrogen-bond donors (Lipinski definition) is 1. The van der Waals surface area contributed by atoms with Gasteiger partial charge < -0.3 is 10.5 Å². The van der Waals surface area contributed by atoms with Gasteiger partial charge in [-0.25, -0.2) is 9.18 Å². The second kappa shape index (κ2) is 3.32. The number of hydrogen-bond acceptors (Lipinski definition) is 2. The number of esters is 1. The van der Waals surface area contributed by atoms with E-state index in [-0.39, 0.29) is 5.69 Å². The molecule has 0 aromatic heterocycles. The van der Waals surface area contributed by atoms with Crippen LogP contribution >= 0.6 is 0 Å². The molecule has 3 N–H and O–H groups in total. The zero-order valence-corrected chi connectivity index (χ0v) is 6.63. The maximum atomic E-state index is 12.7. The van der Waals surface area contributed by atoms with Crippen molar-refractivity contribution in [1.82, 2.24) is 0 Å². The highest BCUT2D eigenvalue weighted by Crippen LogP contribution is 2.10. The van der Waals surface area contributed by atoms with Gasteiger partial charge >= 0.3 is 5.97 Å². The van der Waals surface area contributed by atoms with E-state index in [9.17, 15) is 9.18 Å². The second-order valence-electron chi connectivity index (χ2n) is 2.30. The molecule has 0 atom stereocenters. The van der Waals surface area contributed by atoms with Crippen molar-refractivity contribution in [2.24, 2.45) is 0 Å². The molecule has 1 rings (SSSR count). The number of methoxy groups -OCH3 is 1. The van der Waals surface area contributed by atoms with Crippen LogP contribution in [-0.4, -0.2) is 13.1 Å². The topological polar surface area (TPSA) is 53.9 Å². The highest BCUT2D eigenvalue weighted by atomic mass is 19.1. The number of carbonyl (C=O) groups is 1. The molecule has 3 nitrogen and oxygen atoms in total. The van der Waals surface area contributed by atoms with E-state index in [1.54, 1.807) is 0 Å². The third-order valence-corrected chi connectivity index (χ3v) is 1.47. The van der Waals surface area contributed by atoms with Crippen molar-refractivity contribution in [2.45, 2.75) is 0 Å². The van der Waals surface area contributed by atoms with E-state index >= 15 is 0 Å². The normalized spacial score (nSPS) is 9.58. The van der Waals surface area contributed by atoms with E-state index < -0.39 is 11.8 Å². The lowest BCUT2D eigenvalue weighted by atomic mass is 10.2. The van der Waals surface area contributed by atoms with E-state index in [1.807, 2.05) is 0 Å². The summed E-state index contributed by atoms with van der Waals surface area (Å²) in [5, 5.41) is 0. The molecule has 0 bridgehead atoms. The number of benzene rings is 1.